The predicted octanol–water partition coefficient (Wildman–Crippen LogP) is 4.63. The second-order valence-corrected chi connectivity index (χ2v) is 8.44. The van der Waals surface area contributed by atoms with Gasteiger partial charge in [-0.15, -0.1) is 0 Å². The Labute approximate surface area is 168 Å². The molecule has 1 atom stereocenters. The first-order valence-electron chi connectivity index (χ1n) is 10.6. The average molecular weight is 381 g/mol. The van der Waals surface area contributed by atoms with Crippen molar-refractivity contribution in [1.29, 1.82) is 0 Å². The van der Waals surface area contributed by atoms with E-state index in [9.17, 15) is 0 Å². The zero-order valence-electron chi connectivity index (χ0n) is 17.0. The molecule has 1 saturated carbocycles. The van der Waals surface area contributed by atoms with E-state index >= 15 is 0 Å². The highest BCUT2D eigenvalue weighted by Crippen LogP contribution is 2.49. The summed E-state index contributed by atoms with van der Waals surface area (Å²) in [5, 5.41) is 3.65. The molecule has 4 nitrogen and oxygen atoms in total. The van der Waals surface area contributed by atoms with Crippen molar-refractivity contribution in [1.82, 2.24) is 10.3 Å². The third-order valence-corrected chi connectivity index (χ3v) is 6.64. The molecular weight excluding hydrogens is 348 g/mol. The molecule has 4 rings (SSSR count). The van der Waals surface area contributed by atoms with Crippen LogP contribution < -0.4 is 10.1 Å². The van der Waals surface area contributed by atoms with Gasteiger partial charge in [0.2, 0.25) is 0 Å². The smallest absolute Gasteiger partial charge is 0.118 e. The highest BCUT2D eigenvalue weighted by atomic mass is 16.5. The SMILES string of the molecule is COc1ccc(CNCC[C@@]2(c3ccccn3)CCOC3(CCCC3)C2)cc1. The van der Waals surface area contributed by atoms with E-state index in [1.807, 2.05) is 24.4 Å². The summed E-state index contributed by atoms with van der Waals surface area (Å²) in [6, 6.07) is 14.7. The van der Waals surface area contributed by atoms with Gasteiger partial charge in [-0.05, 0) is 68.5 Å². The van der Waals surface area contributed by atoms with Gasteiger partial charge in [-0.25, -0.2) is 0 Å². The minimum Gasteiger partial charge on any atom is -0.497 e. The van der Waals surface area contributed by atoms with E-state index in [1.54, 1.807) is 7.11 Å². The number of benzene rings is 1. The van der Waals surface area contributed by atoms with Crippen LogP contribution in [0.25, 0.3) is 0 Å². The molecular formula is C24H32N2O2. The molecule has 2 aromatic rings. The highest BCUT2D eigenvalue weighted by molar-refractivity contribution is 5.27. The lowest BCUT2D eigenvalue weighted by molar-refractivity contribution is -0.104. The molecule has 1 aromatic carbocycles. The molecule has 28 heavy (non-hydrogen) atoms. The van der Waals surface area contributed by atoms with E-state index in [-0.39, 0.29) is 11.0 Å². The monoisotopic (exact) mass is 380 g/mol. The molecule has 4 heteroatoms. The number of methoxy groups -OCH3 is 1. The largest absolute Gasteiger partial charge is 0.497 e. The van der Waals surface area contributed by atoms with Gasteiger partial charge >= 0.3 is 0 Å². The molecule has 0 bridgehead atoms. The maximum atomic E-state index is 6.34. The van der Waals surface area contributed by atoms with Crippen LogP contribution in [0.15, 0.2) is 48.7 Å². The summed E-state index contributed by atoms with van der Waals surface area (Å²) in [4.78, 5) is 4.79. The summed E-state index contributed by atoms with van der Waals surface area (Å²) >= 11 is 0. The Morgan fingerprint density at radius 2 is 1.89 bits per heavy atom. The van der Waals surface area contributed by atoms with E-state index in [0.717, 1.165) is 44.7 Å². The summed E-state index contributed by atoms with van der Waals surface area (Å²) in [6.45, 7) is 2.72. The first kappa shape index (κ1) is 19.4. The predicted molar refractivity (Wildman–Crippen MR) is 112 cm³/mol. The van der Waals surface area contributed by atoms with Gasteiger partial charge in [0.05, 0.1) is 12.7 Å². The van der Waals surface area contributed by atoms with E-state index in [0.29, 0.717) is 0 Å². The molecule has 0 amide bonds. The van der Waals surface area contributed by atoms with Crippen LogP contribution in [0.3, 0.4) is 0 Å². The lowest BCUT2D eigenvalue weighted by Crippen LogP contribution is -2.47. The van der Waals surface area contributed by atoms with E-state index < -0.39 is 0 Å². The topological polar surface area (TPSA) is 43.4 Å². The normalized spacial score (nSPS) is 23.8. The number of pyridine rings is 1. The van der Waals surface area contributed by atoms with Crippen LogP contribution in [0, 0.1) is 0 Å². The zero-order chi connectivity index (χ0) is 19.3. The van der Waals surface area contributed by atoms with Crippen molar-refractivity contribution in [3.63, 3.8) is 0 Å². The van der Waals surface area contributed by atoms with Gasteiger partial charge in [0.25, 0.3) is 0 Å². The van der Waals surface area contributed by atoms with Crippen molar-refractivity contribution in [3.05, 3.63) is 59.9 Å². The standard InChI is InChI=1S/C24H32N2O2/c1-27-21-9-7-20(8-10-21)18-25-16-13-23(22-6-2-5-15-26-22)14-17-28-24(19-23)11-3-4-12-24/h2,5-10,15,25H,3-4,11-14,16-19H2,1H3/t23-/m1/s1. The molecule has 1 aromatic heterocycles. The Morgan fingerprint density at radius 1 is 1.07 bits per heavy atom. The number of aromatic nitrogens is 1. The van der Waals surface area contributed by atoms with Crippen molar-refractivity contribution >= 4 is 0 Å². The molecule has 1 N–H and O–H groups in total. The number of hydrogen-bond acceptors (Lipinski definition) is 4. The fraction of sp³-hybridized carbons (Fsp3) is 0.542. The Balaban J connectivity index is 1.42. The second-order valence-electron chi connectivity index (χ2n) is 8.44. The van der Waals surface area contributed by atoms with Crippen LogP contribution in [0.4, 0.5) is 0 Å². The number of nitrogens with zero attached hydrogens (tertiary/aromatic N) is 1. The molecule has 2 heterocycles. The fourth-order valence-corrected chi connectivity index (χ4v) is 5.10. The molecule has 0 radical (unpaired) electrons. The summed E-state index contributed by atoms with van der Waals surface area (Å²) in [7, 11) is 1.70. The third-order valence-electron chi connectivity index (χ3n) is 6.64. The van der Waals surface area contributed by atoms with Crippen LogP contribution in [0.1, 0.15) is 56.2 Å². The highest BCUT2D eigenvalue weighted by Gasteiger charge is 2.48. The van der Waals surface area contributed by atoms with Crippen molar-refractivity contribution in [2.24, 2.45) is 0 Å². The Morgan fingerprint density at radius 3 is 2.61 bits per heavy atom. The lowest BCUT2D eigenvalue weighted by Gasteiger charge is -2.46. The van der Waals surface area contributed by atoms with Gasteiger partial charge < -0.3 is 14.8 Å². The van der Waals surface area contributed by atoms with Crippen LogP contribution in [0.5, 0.6) is 5.75 Å². The second kappa shape index (κ2) is 8.62. The van der Waals surface area contributed by atoms with E-state index in [1.165, 1.54) is 36.9 Å². The van der Waals surface area contributed by atoms with Crippen LogP contribution in [-0.2, 0) is 16.7 Å². The first-order chi connectivity index (χ1) is 13.7. The Hall–Kier alpha value is -1.91. The Kier molecular flexibility index (Phi) is 5.98. The molecule has 1 aliphatic carbocycles. The van der Waals surface area contributed by atoms with Crippen molar-refractivity contribution in [2.75, 3.05) is 20.3 Å². The first-order valence-corrected chi connectivity index (χ1v) is 10.6. The van der Waals surface area contributed by atoms with Crippen molar-refractivity contribution in [3.8, 4) is 5.75 Å². The Bertz CT molecular complexity index is 741. The maximum absolute atomic E-state index is 6.34. The quantitative estimate of drug-likeness (QED) is 0.711. The van der Waals surface area contributed by atoms with Gasteiger partial charge in [0.15, 0.2) is 0 Å². The minimum absolute atomic E-state index is 0.0890. The molecule has 0 unspecified atom stereocenters. The number of rotatable bonds is 7. The van der Waals surface area contributed by atoms with E-state index in [4.69, 9.17) is 14.5 Å². The summed E-state index contributed by atoms with van der Waals surface area (Å²) in [5.74, 6) is 0.905. The van der Waals surface area contributed by atoms with Gasteiger partial charge in [-0.2, -0.15) is 0 Å². The fourth-order valence-electron chi connectivity index (χ4n) is 5.10. The van der Waals surface area contributed by atoms with Gasteiger partial charge in [-0.1, -0.05) is 31.0 Å². The minimum atomic E-state index is 0.0890. The maximum Gasteiger partial charge on any atom is 0.118 e. The van der Waals surface area contributed by atoms with Crippen LogP contribution in [-0.4, -0.2) is 30.8 Å². The van der Waals surface area contributed by atoms with Gasteiger partial charge in [0.1, 0.15) is 5.75 Å². The van der Waals surface area contributed by atoms with E-state index in [2.05, 4.69) is 29.6 Å². The van der Waals surface area contributed by atoms with Crippen molar-refractivity contribution in [2.45, 2.75) is 62.5 Å². The summed E-state index contributed by atoms with van der Waals surface area (Å²) in [5.41, 5.74) is 2.74. The molecule has 2 aliphatic rings. The van der Waals surface area contributed by atoms with Crippen LogP contribution >= 0.6 is 0 Å². The number of hydrogen-bond donors (Lipinski definition) is 1. The number of ether oxygens (including phenoxy) is 2. The lowest BCUT2D eigenvalue weighted by atomic mass is 9.68. The number of nitrogens with one attached hydrogen (secondary N) is 1. The van der Waals surface area contributed by atoms with Gasteiger partial charge in [0, 0.05) is 30.5 Å². The zero-order valence-corrected chi connectivity index (χ0v) is 17.0. The van der Waals surface area contributed by atoms with Crippen molar-refractivity contribution < 1.29 is 9.47 Å². The van der Waals surface area contributed by atoms with Crippen LogP contribution in [0.2, 0.25) is 0 Å². The van der Waals surface area contributed by atoms with Gasteiger partial charge in [-0.3, -0.25) is 4.98 Å². The summed E-state index contributed by atoms with van der Waals surface area (Å²) in [6.07, 6.45) is 10.2. The molecule has 1 spiro atoms. The summed E-state index contributed by atoms with van der Waals surface area (Å²) < 4.78 is 11.6. The molecule has 150 valence electrons. The molecule has 2 fully saturated rings. The molecule has 1 saturated heterocycles. The average Bonchev–Trinajstić information content (AvgIpc) is 3.19. The third kappa shape index (κ3) is 4.23. The molecule has 1 aliphatic heterocycles.